The third kappa shape index (κ3) is 2.88. The monoisotopic (exact) mass is 341 g/mol. The molecular formula is C10H4Cl2F3N3O3. The summed E-state index contributed by atoms with van der Waals surface area (Å²) in [4.78, 5) is 25.6. The Bertz CT molecular complexity index is 757. The quantitative estimate of drug-likeness (QED) is 0.879. The number of pyridine rings is 1. The van der Waals surface area contributed by atoms with Crippen molar-refractivity contribution in [2.45, 2.75) is 6.18 Å². The molecule has 0 aliphatic carbocycles. The van der Waals surface area contributed by atoms with E-state index in [1.54, 1.807) is 0 Å². The number of alkyl halides is 3. The molecule has 0 aromatic carbocycles. The van der Waals surface area contributed by atoms with Crippen molar-refractivity contribution in [1.82, 2.24) is 9.38 Å². The maximum atomic E-state index is 12.3. The molecule has 11 heteroatoms. The van der Waals surface area contributed by atoms with Gasteiger partial charge in [-0.05, 0) is 6.07 Å². The van der Waals surface area contributed by atoms with Crippen molar-refractivity contribution in [2.75, 3.05) is 5.32 Å². The Labute approximate surface area is 124 Å². The predicted molar refractivity (Wildman–Crippen MR) is 66.9 cm³/mol. The van der Waals surface area contributed by atoms with E-state index in [1.165, 1.54) is 11.4 Å². The molecule has 0 saturated heterocycles. The van der Waals surface area contributed by atoms with Gasteiger partial charge in [-0.3, -0.25) is 9.20 Å². The first-order chi connectivity index (χ1) is 9.61. The zero-order valence-corrected chi connectivity index (χ0v) is 11.2. The van der Waals surface area contributed by atoms with Gasteiger partial charge in [0, 0.05) is 6.20 Å². The summed E-state index contributed by atoms with van der Waals surface area (Å²) in [5.41, 5.74) is -0.951. The Balaban J connectivity index is 2.67. The van der Waals surface area contributed by atoms with Crippen LogP contribution in [0.15, 0.2) is 12.3 Å². The summed E-state index contributed by atoms with van der Waals surface area (Å²) in [5.74, 6) is -4.67. The molecule has 6 nitrogen and oxygen atoms in total. The van der Waals surface area contributed by atoms with E-state index in [0.717, 1.165) is 10.6 Å². The van der Waals surface area contributed by atoms with E-state index in [4.69, 9.17) is 28.3 Å². The lowest BCUT2D eigenvalue weighted by molar-refractivity contribution is -0.167. The molecule has 0 unspecified atom stereocenters. The fourth-order valence-electron chi connectivity index (χ4n) is 1.52. The number of amides is 1. The number of nitrogens with one attached hydrogen (secondary N) is 1. The number of fused-ring (bicyclic) bond motifs is 1. The number of rotatable bonds is 2. The molecule has 1 amide bonds. The SMILES string of the molecule is O=C(O)c1nc2c(Cl)cc(Cl)cn2c1NC(=O)C(F)(F)F. The number of aromatic carboxylic acids is 1. The highest BCUT2D eigenvalue weighted by atomic mass is 35.5. The molecule has 2 aromatic rings. The van der Waals surface area contributed by atoms with Crippen LogP contribution in [0, 0.1) is 0 Å². The van der Waals surface area contributed by atoms with Gasteiger partial charge in [0.05, 0.1) is 10.0 Å². The Morgan fingerprint density at radius 3 is 2.48 bits per heavy atom. The first-order valence-electron chi connectivity index (χ1n) is 5.10. The number of carbonyl (C=O) groups is 2. The van der Waals surface area contributed by atoms with Gasteiger partial charge in [-0.15, -0.1) is 0 Å². The van der Waals surface area contributed by atoms with Gasteiger partial charge in [-0.25, -0.2) is 9.78 Å². The molecule has 0 aliphatic heterocycles. The van der Waals surface area contributed by atoms with Crippen molar-refractivity contribution < 1.29 is 27.9 Å². The second kappa shape index (κ2) is 5.08. The molecule has 0 bridgehead atoms. The van der Waals surface area contributed by atoms with Crippen LogP contribution in [0.3, 0.4) is 0 Å². The average molecular weight is 342 g/mol. The largest absolute Gasteiger partial charge is 0.476 e. The van der Waals surface area contributed by atoms with Crippen molar-refractivity contribution in [3.8, 4) is 0 Å². The molecule has 0 saturated carbocycles. The van der Waals surface area contributed by atoms with Crippen molar-refractivity contribution in [3.05, 3.63) is 28.0 Å². The van der Waals surface area contributed by atoms with Crippen LogP contribution in [-0.2, 0) is 4.79 Å². The molecule has 2 rings (SSSR count). The van der Waals surface area contributed by atoms with Crippen LogP contribution in [0.4, 0.5) is 19.0 Å². The third-order valence-corrected chi connectivity index (χ3v) is 2.82. The Hall–Kier alpha value is -2.00. The summed E-state index contributed by atoms with van der Waals surface area (Å²) in [6.07, 6.45) is -4.11. The van der Waals surface area contributed by atoms with Crippen LogP contribution < -0.4 is 5.32 Å². The molecule has 0 spiro atoms. The number of hydrogen-bond acceptors (Lipinski definition) is 3. The number of anilines is 1. The summed E-state index contributed by atoms with van der Waals surface area (Å²) >= 11 is 11.5. The van der Waals surface area contributed by atoms with Gasteiger partial charge in [-0.1, -0.05) is 23.2 Å². The Morgan fingerprint density at radius 1 is 1.33 bits per heavy atom. The van der Waals surface area contributed by atoms with Gasteiger partial charge in [0.2, 0.25) is 0 Å². The minimum absolute atomic E-state index is 0.0179. The van der Waals surface area contributed by atoms with E-state index in [0.29, 0.717) is 0 Å². The van der Waals surface area contributed by atoms with Crippen LogP contribution in [-0.4, -0.2) is 32.5 Å². The highest BCUT2D eigenvalue weighted by molar-refractivity contribution is 6.36. The fourth-order valence-corrected chi connectivity index (χ4v) is 2.03. The molecule has 0 atom stereocenters. The topological polar surface area (TPSA) is 83.7 Å². The van der Waals surface area contributed by atoms with E-state index < -0.39 is 29.6 Å². The lowest BCUT2D eigenvalue weighted by Crippen LogP contribution is -2.31. The molecule has 2 aromatic heterocycles. The first-order valence-corrected chi connectivity index (χ1v) is 5.85. The second-order valence-electron chi connectivity index (χ2n) is 3.77. The van der Waals surface area contributed by atoms with E-state index in [1.807, 2.05) is 0 Å². The molecule has 112 valence electrons. The average Bonchev–Trinajstić information content (AvgIpc) is 2.67. The van der Waals surface area contributed by atoms with Gasteiger partial charge in [0.1, 0.15) is 0 Å². The van der Waals surface area contributed by atoms with Crippen molar-refractivity contribution >= 4 is 46.5 Å². The summed E-state index contributed by atoms with van der Waals surface area (Å²) in [7, 11) is 0. The van der Waals surface area contributed by atoms with Crippen LogP contribution in [0.1, 0.15) is 10.5 Å². The second-order valence-corrected chi connectivity index (χ2v) is 4.61. The number of imidazole rings is 1. The lowest BCUT2D eigenvalue weighted by Gasteiger charge is -2.08. The number of halogens is 5. The zero-order valence-electron chi connectivity index (χ0n) is 9.70. The summed E-state index contributed by atoms with van der Waals surface area (Å²) < 4.78 is 37.7. The summed E-state index contributed by atoms with van der Waals surface area (Å²) in [5, 5.41) is 10.3. The normalized spacial score (nSPS) is 11.7. The number of nitrogens with zero attached hydrogens (tertiary/aromatic N) is 2. The number of carbonyl (C=O) groups excluding carboxylic acids is 1. The highest BCUT2D eigenvalue weighted by Crippen LogP contribution is 2.28. The minimum atomic E-state index is -5.19. The molecule has 2 N–H and O–H groups in total. The molecule has 21 heavy (non-hydrogen) atoms. The van der Waals surface area contributed by atoms with Crippen LogP contribution in [0.2, 0.25) is 10.0 Å². The van der Waals surface area contributed by atoms with Gasteiger partial charge in [0.15, 0.2) is 17.2 Å². The third-order valence-electron chi connectivity index (χ3n) is 2.33. The molecule has 2 heterocycles. The molecule has 0 radical (unpaired) electrons. The van der Waals surface area contributed by atoms with E-state index >= 15 is 0 Å². The maximum Gasteiger partial charge on any atom is 0.471 e. The van der Waals surface area contributed by atoms with Crippen molar-refractivity contribution in [1.29, 1.82) is 0 Å². The fraction of sp³-hybridized carbons (Fsp3) is 0.100. The van der Waals surface area contributed by atoms with E-state index in [9.17, 15) is 22.8 Å². The van der Waals surface area contributed by atoms with Gasteiger partial charge >= 0.3 is 18.1 Å². The Morgan fingerprint density at radius 2 is 1.95 bits per heavy atom. The molecular weight excluding hydrogens is 338 g/mol. The van der Waals surface area contributed by atoms with Crippen LogP contribution in [0.25, 0.3) is 5.65 Å². The molecule has 0 fully saturated rings. The van der Waals surface area contributed by atoms with Gasteiger partial charge < -0.3 is 10.4 Å². The smallest absolute Gasteiger partial charge is 0.471 e. The van der Waals surface area contributed by atoms with E-state index in [-0.39, 0.29) is 15.7 Å². The van der Waals surface area contributed by atoms with Crippen LogP contribution >= 0.6 is 23.2 Å². The Kier molecular flexibility index (Phi) is 3.72. The first kappa shape index (κ1) is 15.4. The lowest BCUT2D eigenvalue weighted by atomic mass is 10.4. The van der Waals surface area contributed by atoms with Crippen molar-refractivity contribution in [2.24, 2.45) is 0 Å². The van der Waals surface area contributed by atoms with Crippen LogP contribution in [0.5, 0.6) is 0 Å². The standard InChI is InChI=1S/C10H4Cl2F3N3O3/c11-3-1-4(12)6-16-5(8(19)20)7(18(6)2-3)17-9(21)10(13,14)15/h1-2H,(H,17,21)(H,19,20). The number of hydrogen-bond donors (Lipinski definition) is 2. The molecule has 0 aliphatic rings. The zero-order chi connectivity index (χ0) is 15.9. The van der Waals surface area contributed by atoms with E-state index in [2.05, 4.69) is 4.98 Å². The van der Waals surface area contributed by atoms with Crippen molar-refractivity contribution in [3.63, 3.8) is 0 Å². The number of carboxylic acid groups (broad SMARTS) is 1. The van der Waals surface area contributed by atoms with Gasteiger partial charge in [0.25, 0.3) is 0 Å². The maximum absolute atomic E-state index is 12.3. The van der Waals surface area contributed by atoms with Gasteiger partial charge in [-0.2, -0.15) is 13.2 Å². The minimum Gasteiger partial charge on any atom is -0.476 e. The highest BCUT2D eigenvalue weighted by Gasteiger charge is 2.40. The predicted octanol–water partition coefficient (Wildman–Crippen LogP) is 2.84. The summed E-state index contributed by atoms with van der Waals surface area (Å²) in [6, 6.07) is 1.23. The summed E-state index contributed by atoms with van der Waals surface area (Å²) in [6.45, 7) is 0. The number of aromatic nitrogens is 2. The number of carboxylic acids is 1.